The third-order valence-electron chi connectivity index (χ3n) is 3.69. The van der Waals surface area contributed by atoms with Crippen LogP contribution in [-0.4, -0.2) is 34.7 Å². The quantitative estimate of drug-likeness (QED) is 0.815. The predicted octanol–water partition coefficient (Wildman–Crippen LogP) is 3.09. The van der Waals surface area contributed by atoms with Gasteiger partial charge in [0.05, 0.1) is 18.5 Å². The zero-order valence-electron chi connectivity index (χ0n) is 11.5. The van der Waals surface area contributed by atoms with Gasteiger partial charge >= 0.3 is 0 Å². The van der Waals surface area contributed by atoms with Gasteiger partial charge in [0.25, 0.3) is 0 Å². The van der Waals surface area contributed by atoms with Crippen molar-refractivity contribution in [3.8, 4) is 17.5 Å². The molecule has 0 N–H and O–H groups in total. The van der Waals surface area contributed by atoms with E-state index < -0.39 is 0 Å². The molecule has 21 heavy (non-hydrogen) atoms. The number of hydrogen-bond donors (Lipinski definition) is 0. The Bertz CT molecular complexity index is 646. The molecule has 1 aromatic heterocycles. The van der Waals surface area contributed by atoms with Crippen LogP contribution < -0.4 is 0 Å². The highest BCUT2D eigenvalue weighted by Gasteiger charge is 2.25. The number of benzene rings is 1. The first-order chi connectivity index (χ1) is 10.3. The number of piperidine rings is 1. The van der Waals surface area contributed by atoms with Crippen molar-refractivity contribution in [2.75, 3.05) is 19.6 Å². The topological polar surface area (TPSA) is 66.0 Å². The van der Waals surface area contributed by atoms with Gasteiger partial charge in [-0.15, -0.1) is 0 Å². The Morgan fingerprint density at radius 2 is 2.19 bits per heavy atom. The second-order valence-electron chi connectivity index (χ2n) is 5.20. The van der Waals surface area contributed by atoms with E-state index in [4.69, 9.17) is 21.4 Å². The van der Waals surface area contributed by atoms with E-state index in [1.807, 2.05) is 24.3 Å². The van der Waals surface area contributed by atoms with E-state index in [1.165, 1.54) is 0 Å². The van der Waals surface area contributed by atoms with Crippen LogP contribution in [0.5, 0.6) is 0 Å². The molecule has 1 saturated heterocycles. The van der Waals surface area contributed by atoms with Crippen molar-refractivity contribution < 1.29 is 4.52 Å². The van der Waals surface area contributed by atoms with Gasteiger partial charge in [0.1, 0.15) is 0 Å². The maximum atomic E-state index is 8.80. The first-order valence-corrected chi connectivity index (χ1v) is 7.33. The maximum Gasteiger partial charge on any atom is 0.231 e. The molecule has 6 heteroatoms. The van der Waals surface area contributed by atoms with Crippen molar-refractivity contribution in [3.63, 3.8) is 0 Å². The van der Waals surface area contributed by atoms with Crippen molar-refractivity contribution in [2.45, 2.75) is 18.8 Å². The van der Waals surface area contributed by atoms with Crippen molar-refractivity contribution >= 4 is 11.6 Å². The molecule has 0 radical (unpaired) electrons. The summed E-state index contributed by atoms with van der Waals surface area (Å²) in [6.07, 6.45) is 2.06. The Balaban J connectivity index is 1.75. The lowest BCUT2D eigenvalue weighted by Gasteiger charge is -2.28. The molecule has 1 atom stereocenters. The van der Waals surface area contributed by atoms with E-state index in [2.05, 4.69) is 21.1 Å². The van der Waals surface area contributed by atoms with Gasteiger partial charge in [-0.2, -0.15) is 10.2 Å². The molecule has 0 aliphatic carbocycles. The average Bonchev–Trinajstić information content (AvgIpc) is 2.98. The molecule has 1 fully saturated rings. The van der Waals surface area contributed by atoms with E-state index >= 15 is 0 Å². The molecule has 1 aliphatic rings. The second-order valence-corrected chi connectivity index (χ2v) is 5.63. The van der Waals surface area contributed by atoms with E-state index in [0.29, 0.717) is 23.3 Å². The zero-order chi connectivity index (χ0) is 14.7. The molecular weight excluding hydrogens is 288 g/mol. The lowest BCUT2D eigenvalue weighted by Crippen LogP contribution is -2.34. The number of halogens is 1. The maximum absolute atomic E-state index is 8.80. The third kappa shape index (κ3) is 3.23. The van der Waals surface area contributed by atoms with Crippen LogP contribution >= 0.6 is 11.6 Å². The van der Waals surface area contributed by atoms with Crippen molar-refractivity contribution in [3.05, 3.63) is 35.2 Å². The lowest BCUT2D eigenvalue weighted by atomic mass is 9.98. The number of hydrogen-bond acceptors (Lipinski definition) is 5. The summed E-state index contributed by atoms with van der Waals surface area (Å²) < 4.78 is 5.41. The summed E-state index contributed by atoms with van der Waals surface area (Å²) in [5, 5.41) is 13.5. The summed E-state index contributed by atoms with van der Waals surface area (Å²) in [4.78, 5) is 6.62. The number of nitrogens with zero attached hydrogens (tertiary/aromatic N) is 4. The highest BCUT2D eigenvalue weighted by molar-refractivity contribution is 6.30. The van der Waals surface area contributed by atoms with Crippen molar-refractivity contribution in [1.82, 2.24) is 15.0 Å². The second kappa shape index (κ2) is 6.25. The Morgan fingerprint density at radius 3 is 2.95 bits per heavy atom. The van der Waals surface area contributed by atoms with Gasteiger partial charge in [0, 0.05) is 17.1 Å². The number of aromatic nitrogens is 2. The smallest absolute Gasteiger partial charge is 0.231 e. The summed E-state index contributed by atoms with van der Waals surface area (Å²) in [5.74, 6) is 1.45. The highest BCUT2D eigenvalue weighted by atomic mass is 35.5. The summed E-state index contributed by atoms with van der Waals surface area (Å²) in [6, 6.07) is 9.56. The minimum absolute atomic E-state index is 0.209. The molecule has 3 rings (SSSR count). The van der Waals surface area contributed by atoms with Crippen molar-refractivity contribution in [1.29, 1.82) is 5.26 Å². The van der Waals surface area contributed by atoms with E-state index in [9.17, 15) is 0 Å². The predicted molar refractivity (Wildman–Crippen MR) is 78.8 cm³/mol. The van der Waals surface area contributed by atoms with Crippen LogP contribution in [-0.2, 0) is 0 Å². The zero-order valence-corrected chi connectivity index (χ0v) is 12.3. The van der Waals surface area contributed by atoms with Crippen LogP contribution in [0.4, 0.5) is 0 Å². The Morgan fingerprint density at radius 1 is 1.38 bits per heavy atom. The number of nitriles is 1. The Hall–Kier alpha value is -1.90. The molecule has 1 aliphatic heterocycles. The first-order valence-electron chi connectivity index (χ1n) is 6.95. The third-order valence-corrected chi connectivity index (χ3v) is 3.95. The molecule has 0 saturated carbocycles. The summed E-state index contributed by atoms with van der Waals surface area (Å²) in [6.45, 7) is 2.22. The van der Waals surface area contributed by atoms with Crippen LogP contribution in [0.3, 0.4) is 0 Å². The van der Waals surface area contributed by atoms with Crippen LogP contribution in [0.15, 0.2) is 28.8 Å². The minimum Gasteiger partial charge on any atom is -0.339 e. The Labute approximate surface area is 128 Å². The van der Waals surface area contributed by atoms with Gasteiger partial charge in [0.2, 0.25) is 11.7 Å². The fourth-order valence-electron chi connectivity index (χ4n) is 2.62. The molecule has 2 heterocycles. The monoisotopic (exact) mass is 302 g/mol. The molecular formula is C15H15ClN4O. The van der Waals surface area contributed by atoms with Gasteiger partial charge in [-0.05, 0) is 43.7 Å². The van der Waals surface area contributed by atoms with Gasteiger partial charge in [0.15, 0.2) is 0 Å². The summed E-state index contributed by atoms with van der Waals surface area (Å²) in [7, 11) is 0. The van der Waals surface area contributed by atoms with Gasteiger partial charge in [-0.3, -0.25) is 4.90 Å². The van der Waals surface area contributed by atoms with E-state index in [-0.39, 0.29) is 5.92 Å². The lowest BCUT2D eigenvalue weighted by molar-refractivity contribution is 0.204. The summed E-state index contributed by atoms with van der Waals surface area (Å²) in [5.41, 5.74) is 0.888. The standard InChI is InChI=1S/C15H15ClN4O/c16-13-5-3-11(4-6-13)14-18-15(21-19-14)12-2-1-8-20(10-12)9-7-17/h3-6,12H,1-2,8-10H2. The first kappa shape index (κ1) is 14.1. The van der Waals surface area contributed by atoms with Crippen molar-refractivity contribution in [2.24, 2.45) is 0 Å². The highest BCUT2D eigenvalue weighted by Crippen LogP contribution is 2.27. The van der Waals surface area contributed by atoms with Gasteiger partial charge < -0.3 is 4.52 Å². The van der Waals surface area contributed by atoms with Gasteiger partial charge in [-0.1, -0.05) is 16.8 Å². The van der Waals surface area contributed by atoms with Crippen LogP contribution in [0, 0.1) is 11.3 Å². The molecule has 5 nitrogen and oxygen atoms in total. The molecule has 1 unspecified atom stereocenters. The van der Waals surface area contributed by atoms with Crippen LogP contribution in [0.2, 0.25) is 5.02 Å². The Kier molecular flexibility index (Phi) is 4.18. The number of rotatable bonds is 3. The molecule has 0 bridgehead atoms. The molecule has 1 aromatic carbocycles. The molecule has 0 amide bonds. The largest absolute Gasteiger partial charge is 0.339 e. The van der Waals surface area contributed by atoms with Gasteiger partial charge in [-0.25, -0.2) is 0 Å². The van der Waals surface area contributed by atoms with Crippen LogP contribution in [0.1, 0.15) is 24.7 Å². The average molecular weight is 303 g/mol. The molecule has 0 spiro atoms. The van der Waals surface area contributed by atoms with E-state index in [1.54, 1.807) is 0 Å². The fraction of sp³-hybridized carbons (Fsp3) is 0.400. The normalized spacial score (nSPS) is 19.3. The fourth-order valence-corrected chi connectivity index (χ4v) is 2.74. The van der Waals surface area contributed by atoms with E-state index in [0.717, 1.165) is 31.5 Å². The molecule has 2 aromatic rings. The summed E-state index contributed by atoms with van der Waals surface area (Å²) >= 11 is 5.88. The molecule has 108 valence electrons. The minimum atomic E-state index is 0.209. The van der Waals surface area contributed by atoms with Crippen LogP contribution in [0.25, 0.3) is 11.4 Å². The number of likely N-dealkylation sites (tertiary alicyclic amines) is 1. The SMILES string of the molecule is N#CCN1CCCC(c2nc(-c3ccc(Cl)cc3)no2)C1.